The molecule has 1 unspecified atom stereocenters. The number of hydrogen-bond donors (Lipinski definition) is 0. The number of rotatable bonds is 8. The van der Waals surface area contributed by atoms with E-state index in [1.54, 1.807) is 6.92 Å². The van der Waals surface area contributed by atoms with Gasteiger partial charge in [0.25, 0.3) is 0 Å². The number of hydrogen-bond acceptors (Lipinski definition) is 7. The molecule has 3 aliphatic rings. The van der Waals surface area contributed by atoms with Crippen molar-refractivity contribution in [3.05, 3.63) is 82.5 Å². The molecule has 2 aliphatic heterocycles. The summed E-state index contributed by atoms with van der Waals surface area (Å²) in [6.45, 7) is 3.90. The number of benzene rings is 2. The van der Waals surface area contributed by atoms with Crippen LogP contribution in [0.4, 0.5) is 0 Å². The average Bonchev–Trinajstić information content (AvgIpc) is 3.34. The van der Waals surface area contributed by atoms with Crippen LogP contribution in [-0.2, 0) is 14.3 Å². The molecule has 0 aromatic heterocycles. The largest absolute Gasteiger partial charge is 0.463 e. The molecule has 1 saturated carbocycles. The summed E-state index contributed by atoms with van der Waals surface area (Å²) in [5, 5.41) is 2.74. The molecule has 2 heterocycles. The van der Waals surface area contributed by atoms with Crippen LogP contribution >= 0.6 is 11.8 Å². The maximum atomic E-state index is 13.4. The van der Waals surface area contributed by atoms with E-state index in [0.717, 1.165) is 35.0 Å². The maximum absolute atomic E-state index is 13.4. The Balaban J connectivity index is 1.47. The monoisotopic (exact) mass is 545 g/mol. The molecule has 7 nitrogen and oxygen atoms in total. The van der Waals surface area contributed by atoms with Gasteiger partial charge in [-0.05, 0) is 61.9 Å². The van der Waals surface area contributed by atoms with E-state index in [-0.39, 0.29) is 25.0 Å². The summed E-state index contributed by atoms with van der Waals surface area (Å²) in [5.41, 5.74) is 2.78. The first-order chi connectivity index (χ1) is 19.0. The molecular weight excluding hydrogens is 510 g/mol. The Hall–Kier alpha value is -3.52. The first-order valence-corrected chi connectivity index (χ1v) is 14.5. The van der Waals surface area contributed by atoms with Crippen molar-refractivity contribution in [3.63, 3.8) is 0 Å². The van der Waals surface area contributed by atoms with Crippen molar-refractivity contribution in [2.24, 2.45) is 4.99 Å². The zero-order valence-electron chi connectivity index (χ0n) is 22.8. The highest BCUT2D eigenvalue weighted by Gasteiger charge is 2.41. The molecule has 2 aromatic carbocycles. The molecule has 1 atom stereocenters. The van der Waals surface area contributed by atoms with Crippen molar-refractivity contribution in [2.75, 3.05) is 13.7 Å². The molecule has 0 radical (unpaired) electrons. The molecule has 204 valence electrons. The fourth-order valence-electron chi connectivity index (χ4n) is 5.48. The van der Waals surface area contributed by atoms with Gasteiger partial charge in [-0.2, -0.15) is 0 Å². The van der Waals surface area contributed by atoms with Crippen LogP contribution in [0, 0.1) is 0 Å². The highest BCUT2D eigenvalue weighted by Crippen LogP contribution is 2.45. The second-order valence-corrected chi connectivity index (χ2v) is 10.9. The van der Waals surface area contributed by atoms with E-state index in [2.05, 4.69) is 0 Å². The molecule has 1 fully saturated rings. The lowest BCUT2D eigenvalue weighted by Gasteiger charge is -2.37. The minimum Gasteiger partial charge on any atom is -0.463 e. The van der Waals surface area contributed by atoms with Crippen molar-refractivity contribution in [2.45, 2.75) is 64.5 Å². The third-order valence-electron chi connectivity index (χ3n) is 7.50. The van der Waals surface area contributed by atoms with Crippen LogP contribution in [0.15, 0.2) is 82.0 Å². The van der Waals surface area contributed by atoms with Crippen molar-refractivity contribution in [1.82, 2.24) is 9.80 Å². The number of ether oxygens (including phenoxy) is 2. The Morgan fingerprint density at radius 2 is 1.79 bits per heavy atom. The van der Waals surface area contributed by atoms with Crippen molar-refractivity contribution < 1.29 is 19.1 Å². The SMILES string of the molecule is CCOC(=O)C1=C(C)N=C2SC=C(CC(=O)N(C)C3CCCCC3)N2C1c1cccc(Oc2ccccc2)c1. The van der Waals surface area contributed by atoms with Crippen molar-refractivity contribution in [1.29, 1.82) is 0 Å². The van der Waals surface area contributed by atoms with Crippen LogP contribution in [0.3, 0.4) is 0 Å². The summed E-state index contributed by atoms with van der Waals surface area (Å²) in [4.78, 5) is 35.4. The summed E-state index contributed by atoms with van der Waals surface area (Å²) >= 11 is 1.49. The number of fused-ring (bicyclic) bond motifs is 1. The van der Waals surface area contributed by atoms with Gasteiger partial charge >= 0.3 is 5.97 Å². The number of carbonyl (C=O) groups is 2. The van der Waals surface area contributed by atoms with E-state index >= 15 is 0 Å². The third-order valence-corrected chi connectivity index (χ3v) is 8.39. The summed E-state index contributed by atoms with van der Waals surface area (Å²) in [6.07, 6.45) is 5.92. The minimum absolute atomic E-state index is 0.0823. The second-order valence-electron chi connectivity index (χ2n) is 10.1. The number of allylic oxidation sites excluding steroid dienone is 1. The van der Waals surface area contributed by atoms with Gasteiger partial charge < -0.3 is 19.3 Å². The zero-order valence-corrected chi connectivity index (χ0v) is 23.6. The van der Waals surface area contributed by atoms with E-state index in [0.29, 0.717) is 17.0 Å². The summed E-state index contributed by atoms with van der Waals surface area (Å²) in [5.74, 6) is 1.07. The first kappa shape index (κ1) is 27.1. The van der Waals surface area contributed by atoms with Crippen LogP contribution in [0.1, 0.15) is 64.0 Å². The van der Waals surface area contributed by atoms with Gasteiger partial charge in [-0.3, -0.25) is 4.79 Å². The number of amides is 1. The molecule has 0 bridgehead atoms. The molecule has 5 rings (SSSR count). The molecule has 8 heteroatoms. The first-order valence-electron chi connectivity index (χ1n) is 13.7. The lowest BCUT2D eigenvalue weighted by Crippen LogP contribution is -2.41. The molecule has 0 saturated heterocycles. The van der Waals surface area contributed by atoms with Crippen LogP contribution < -0.4 is 4.74 Å². The van der Waals surface area contributed by atoms with Crippen molar-refractivity contribution in [3.8, 4) is 11.5 Å². The number of nitrogens with zero attached hydrogens (tertiary/aromatic N) is 3. The third kappa shape index (κ3) is 5.91. The van der Waals surface area contributed by atoms with E-state index < -0.39 is 12.0 Å². The van der Waals surface area contributed by atoms with Gasteiger partial charge in [0.05, 0.1) is 30.3 Å². The van der Waals surface area contributed by atoms with Gasteiger partial charge in [0.2, 0.25) is 5.91 Å². The predicted octanol–water partition coefficient (Wildman–Crippen LogP) is 6.80. The van der Waals surface area contributed by atoms with Gasteiger partial charge in [0.1, 0.15) is 11.5 Å². The quantitative estimate of drug-likeness (QED) is 0.340. The number of thioether (sulfide) groups is 1. The standard InChI is InChI=1S/C31H35N3O4S/c1-4-37-30(36)28-21(2)32-31-34(24(20-39-31)19-27(35)33(3)23-13-7-5-8-14-23)29(28)22-12-11-17-26(18-22)38-25-15-9-6-10-16-25/h6,9-12,15-18,20,23,29H,4-5,7-8,13-14,19H2,1-3H3. The smallest absolute Gasteiger partial charge is 0.338 e. The Bertz CT molecular complexity index is 1310. The minimum atomic E-state index is -0.495. The van der Waals surface area contributed by atoms with E-state index in [9.17, 15) is 9.59 Å². The van der Waals surface area contributed by atoms with Crippen LogP contribution in [0.5, 0.6) is 11.5 Å². The number of aliphatic imine (C=N–C) groups is 1. The Labute approximate surface area is 234 Å². The van der Waals surface area contributed by atoms with E-state index in [4.69, 9.17) is 14.5 Å². The molecule has 1 amide bonds. The van der Waals surface area contributed by atoms with Gasteiger partial charge in [-0.15, -0.1) is 0 Å². The number of amidine groups is 1. The molecule has 2 aromatic rings. The fourth-order valence-corrected chi connectivity index (χ4v) is 6.44. The Morgan fingerprint density at radius 1 is 1.05 bits per heavy atom. The molecular formula is C31H35N3O4S. The Morgan fingerprint density at radius 3 is 2.54 bits per heavy atom. The van der Waals surface area contributed by atoms with E-state index in [1.807, 2.05) is 83.8 Å². The van der Waals surface area contributed by atoms with Gasteiger partial charge in [-0.1, -0.05) is 61.4 Å². The fraction of sp³-hybridized carbons (Fsp3) is 0.387. The normalized spacial score (nSPS) is 19.3. The number of para-hydroxylation sites is 1. The molecule has 0 spiro atoms. The lowest BCUT2D eigenvalue weighted by atomic mass is 9.93. The van der Waals surface area contributed by atoms with Crippen LogP contribution in [-0.4, -0.2) is 46.5 Å². The summed E-state index contributed by atoms with van der Waals surface area (Å²) in [6, 6.07) is 17.1. The highest BCUT2D eigenvalue weighted by molar-refractivity contribution is 8.16. The summed E-state index contributed by atoms with van der Waals surface area (Å²) in [7, 11) is 1.92. The zero-order chi connectivity index (χ0) is 27.4. The topological polar surface area (TPSA) is 71.4 Å². The highest BCUT2D eigenvalue weighted by atomic mass is 32.2. The molecule has 39 heavy (non-hydrogen) atoms. The number of esters is 1. The average molecular weight is 546 g/mol. The van der Waals surface area contributed by atoms with Crippen LogP contribution in [0.2, 0.25) is 0 Å². The predicted molar refractivity (Wildman–Crippen MR) is 154 cm³/mol. The van der Waals surface area contributed by atoms with Crippen LogP contribution in [0.25, 0.3) is 0 Å². The maximum Gasteiger partial charge on any atom is 0.338 e. The van der Waals surface area contributed by atoms with Gasteiger partial charge in [0.15, 0.2) is 5.17 Å². The number of carbonyl (C=O) groups excluding carboxylic acids is 2. The van der Waals surface area contributed by atoms with Crippen molar-refractivity contribution >= 4 is 28.8 Å². The summed E-state index contributed by atoms with van der Waals surface area (Å²) < 4.78 is 11.6. The van der Waals surface area contributed by atoms with Gasteiger partial charge in [-0.25, -0.2) is 9.79 Å². The van der Waals surface area contributed by atoms with E-state index in [1.165, 1.54) is 31.0 Å². The molecule has 0 N–H and O–H groups in total. The van der Waals surface area contributed by atoms with Gasteiger partial charge in [0, 0.05) is 18.8 Å². The lowest BCUT2D eigenvalue weighted by molar-refractivity contribution is -0.139. The molecule has 1 aliphatic carbocycles. The Kier molecular flexibility index (Phi) is 8.41. The second kappa shape index (κ2) is 12.1.